The molecule has 4 fully saturated rings. The molecule has 0 radical (unpaired) electrons. The van der Waals surface area contributed by atoms with Crippen molar-refractivity contribution >= 4 is 60.8 Å². The molecule has 2 amide bonds. The fourth-order valence-electron chi connectivity index (χ4n) is 8.46. The highest BCUT2D eigenvalue weighted by molar-refractivity contribution is 7.23. The first-order valence-electron chi connectivity index (χ1n) is 16.6. The van der Waals surface area contributed by atoms with Gasteiger partial charge >= 0.3 is 12.0 Å². The van der Waals surface area contributed by atoms with Gasteiger partial charge in [0.25, 0.3) is 0 Å². The van der Waals surface area contributed by atoms with E-state index in [0.717, 1.165) is 42.2 Å². The van der Waals surface area contributed by atoms with Crippen molar-refractivity contribution < 1.29 is 22.7 Å². The highest BCUT2D eigenvalue weighted by atomic mass is 35.5. The average molecular weight is 739 g/mol. The second kappa shape index (κ2) is 12.3. The summed E-state index contributed by atoms with van der Waals surface area (Å²) < 4.78 is 53.0. The normalized spacial score (nSPS) is 24.6. The van der Waals surface area contributed by atoms with Crippen molar-refractivity contribution in [1.29, 1.82) is 5.26 Å². The molecule has 17 heteroatoms. The van der Waals surface area contributed by atoms with E-state index in [0.29, 0.717) is 50.2 Å². The number of fused-ring (bicyclic) bond motifs is 3. The maximum Gasteiger partial charge on any atom is 0.338 e. The lowest BCUT2D eigenvalue weighted by Crippen LogP contribution is -2.66. The fraction of sp³-hybridized carbons (Fsp3) is 0.412. The van der Waals surface area contributed by atoms with Crippen LogP contribution in [0.4, 0.5) is 28.8 Å². The topological polar surface area (TPSA) is 167 Å². The largest absolute Gasteiger partial charge is 0.461 e. The molecule has 51 heavy (non-hydrogen) atoms. The SMILES string of the molecule is N#Cc1c(N)sc2c(F)ccc(-c3c(Cl)cc4c(N5CCC6(CCN6C(=O)N(N)/C=C\N)C5)nc(OC[C@@]56CCCN5C[C@H](F)C6)nc4c3F)c12. The number of alkyl halides is 1. The van der Waals surface area contributed by atoms with E-state index >= 15 is 4.39 Å². The molecule has 1 spiro atoms. The monoisotopic (exact) mass is 738 g/mol. The number of thiophene rings is 1. The van der Waals surface area contributed by atoms with E-state index < -0.39 is 34.9 Å². The highest BCUT2D eigenvalue weighted by Crippen LogP contribution is 2.48. The van der Waals surface area contributed by atoms with Crippen molar-refractivity contribution in [3.8, 4) is 23.2 Å². The van der Waals surface area contributed by atoms with Crippen LogP contribution in [0.2, 0.25) is 5.02 Å². The van der Waals surface area contributed by atoms with Crippen LogP contribution in [0.5, 0.6) is 6.01 Å². The molecule has 0 aliphatic carbocycles. The molecular formula is C34H34ClF3N10O2S. The number of nitriles is 1. The molecule has 6 N–H and O–H groups in total. The number of hydrogen-bond donors (Lipinski definition) is 3. The molecule has 1 unspecified atom stereocenters. The first-order valence-corrected chi connectivity index (χ1v) is 17.8. The number of anilines is 2. The number of benzene rings is 2. The van der Waals surface area contributed by atoms with Gasteiger partial charge in [-0.3, -0.25) is 4.90 Å². The molecule has 4 aliphatic rings. The quantitative estimate of drug-likeness (QED) is 0.135. The standard InChI is InChI=1S/C34H34ClF3N10O2S/c35-22-12-20-27(26(38)25(22)19-2-3-23(37)28-24(19)21(14-40)29(41)51-28)43-31(50-17-34-4-1-8-46(34)15-18(36)13-34)44-30(20)45-9-5-33(16-45)6-10-47(33)32(49)48(42)11-7-39/h2-3,7,11-12,18H,1,4-6,8-10,13,15-17,39,41-42H2/b11-7-/t18-,33?,34+/m1/s1. The van der Waals surface area contributed by atoms with Crippen LogP contribution in [-0.4, -0.2) is 87.4 Å². The summed E-state index contributed by atoms with van der Waals surface area (Å²) in [6.45, 7) is 2.55. The molecule has 4 aliphatic heterocycles. The Morgan fingerprint density at radius 1 is 1.24 bits per heavy atom. The predicted octanol–water partition coefficient (Wildman–Crippen LogP) is 5.23. The van der Waals surface area contributed by atoms with Gasteiger partial charge in [0.2, 0.25) is 0 Å². The van der Waals surface area contributed by atoms with Crippen LogP contribution in [0.3, 0.4) is 0 Å². The number of carbonyl (C=O) groups excluding carboxylic acids is 1. The summed E-state index contributed by atoms with van der Waals surface area (Å²) >= 11 is 7.77. The van der Waals surface area contributed by atoms with Gasteiger partial charge in [-0.15, -0.1) is 11.3 Å². The van der Waals surface area contributed by atoms with Crippen molar-refractivity contribution in [2.24, 2.45) is 11.6 Å². The molecule has 4 saturated heterocycles. The molecule has 266 valence electrons. The molecule has 0 saturated carbocycles. The number of likely N-dealkylation sites (tertiary alicyclic amines) is 1. The Balaban J connectivity index is 1.24. The maximum atomic E-state index is 17.1. The minimum absolute atomic E-state index is 0.0118. The van der Waals surface area contributed by atoms with E-state index in [9.17, 15) is 18.8 Å². The number of rotatable bonds is 6. The Labute approximate surface area is 299 Å². The van der Waals surface area contributed by atoms with Crippen LogP contribution in [0, 0.1) is 23.0 Å². The van der Waals surface area contributed by atoms with E-state index in [1.54, 1.807) is 11.0 Å². The van der Waals surface area contributed by atoms with Gasteiger partial charge in [0.1, 0.15) is 41.0 Å². The summed E-state index contributed by atoms with van der Waals surface area (Å²) in [5.74, 6) is 4.84. The van der Waals surface area contributed by atoms with Crippen LogP contribution in [0.25, 0.3) is 32.1 Å². The van der Waals surface area contributed by atoms with Gasteiger partial charge in [0, 0.05) is 61.3 Å². The summed E-state index contributed by atoms with van der Waals surface area (Å²) in [5.41, 5.74) is 10.5. The molecule has 4 aromatic rings. The Hall–Kier alpha value is -4.56. The van der Waals surface area contributed by atoms with Crippen LogP contribution in [0.1, 0.15) is 37.7 Å². The van der Waals surface area contributed by atoms with Gasteiger partial charge in [-0.25, -0.2) is 28.8 Å². The van der Waals surface area contributed by atoms with Crippen molar-refractivity contribution in [2.75, 3.05) is 50.0 Å². The zero-order valence-electron chi connectivity index (χ0n) is 27.3. The summed E-state index contributed by atoms with van der Waals surface area (Å²) in [4.78, 5) is 28.2. The number of nitrogens with zero attached hydrogens (tertiary/aromatic N) is 7. The molecular weight excluding hydrogens is 705 g/mol. The summed E-state index contributed by atoms with van der Waals surface area (Å²) in [6, 6.07) is 5.62. The Kier molecular flexibility index (Phi) is 8.09. The maximum absolute atomic E-state index is 17.1. The molecule has 12 nitrogen and oxygen atoms in total. The second-order valence-corrected chi connectivity index (χ2v) is 15.2. The van der Waals surface area contributed by atoms with E-state index in [1.165, 1.54) is 24.5 Å². The number of urea groups is 1. The van der Waals surface area contributed by atoms with Crippen LogP contribution in [0.15, 0.2) is 30.6 Å². The lowest BCUT2D eigenvalue weighted by Gasteiger charge is -2.51. The van der Waals surface area contributed by atoms with Crippen molar-refractivity contribution in [2.45, 2.75) is 49.4 Å². The molecule has 6 heterocycles. The lowest BCUT2D eigenvalue weighted by atomic mass is 9.84. The zero-order chi connectivity index (χ0) is 35.8. The summed E-state index contributed by atoms with van der Waals surface area (Å²) in [6.07, 6.45) is 4.79. The molecule has 0 bridgehead atoms. The molecule has 2 aromatic carbocycles. The van der Waals surface area contributed by atoms with Crippen molar-refractivity contribution in [3.63, 3.8) is 0 Å². The van der Waals surface area contributed by atoms with Crippen LogP contribution < -0.4 is 26.9 Å². The van der Waals surface area contributed by atoms with E-state index in [-0.39, 0.29) is 54.9 Å². The number of hydrogen-bond acceptors (Lipinski definition) is 11. The van der Waals surface area contributed by atoms with Crippen LogP contribution >= 0.6 is 22.9 Å². The first-order chi connectivity index (χ1) is 24.5. The Bertz CT molecular complexity index is 2180. The van der Waals surface area contributed by atoms with Gasteiger partial charge < -0.3 is 26.0 Å². The molecule has 3 atom stereocenters. The zero-order valence-corrected chi connectivity index (χ0v) is 28.9. The van der Waals surface area contributed by atoms with Gasteiger partial charge in [-0.1, -0.05) is 17.7 Å². The lowest BCUT2D eigenvalue weighted by molar-refractivity contribution is 0.0277. The smallest absolute Gasteiger partial charge is 0.338 e. The predicted molar refractivity (Wildman–Crippen MR) is 189 cm³/mol. The third-order valence-corrected chi connectivity index (χ3v) is 12.3. The minimum atomic E-state index is -0.972. The summed E-state index contributed by atoms with van der Waals surface area (Å²) in [7, 11) is 0. The van der Waals surface area contributed by atoms with Crippen LogP contribution in [-0.2, 0) is 0 Å². The van der Waals surface area contributed by atoms with Crippen molar-refractivity contribution in [3.05, 3.63) is 52.8 Å². The number of ether oxygens (including phenoxy) is 1. The first kappa shape index (κ1) is 33.6. The van der Waals surface area contributed by atoms with Gasteiger partial charge in [-0.2, -0.15) is 15.2 Å². The molecule has 2 aromatic heterocycles. The number of carbonyl (C=O) groups is 1. The number of nitrogen functional groups attached to an aromatic ring is 1. The van der Waals surface area contributed by atoms with Crippen molar-refractivity contribution in [1.82, 2.24) is 24.8 Å². The molecule has 8 rings (SSSR count). The number of aromatic nitrogens is 2. The Morgan fingerprint density at radius 3 is 2.78 bits per heavy atom. The average Bonchev–Trinajstić information content (AvgIpc) is 3.86. The third-order valence-electron chi connectivity index (χ3n) is 11.0. The number of amides is 2. The number of hydrazine groups is 1. The summed E-state index contributed by atoms with van der Waals surface area (Å²) in [5, 5.41) is 11.4. The number of halogens is 4. The number of nitrogens with two attached hydrogens (primary N) is 3. The highest BCUT2D eigenvalue weighted by Gasteiger charge is 2.53. The Morgan fingerprint density at radius 2 is 2.04 bits per heavy atom. The minimum Gasteiger partial charge on any atom is -0.461 e. The second-order valence-electron chi connectivity index (χ2n) is 13.7. The fourth-order valence-corrected chi connectivity index (χ4v) is 9.71. The van der Waals surface area contributed by atoms with E-state index in [2.05, 4.69) is 9.88 Å². The third kappa shape index (κ3) is 5.20. The van der Waals surface area contributed by atoms with Gasteiger partial charge in [0.15, 0.2) is 5.82 Å². The van der Waals surface area contributed by atoms with E-state index in [4.69, 9.17) is 38.6 Å². The van der Waals surface area contributed by atoms with Gasteiger partial charge in [-0.05, 0) is 49.9 Å². The van der Waals surface area contributed by atoms with E-state index in [1.807, 2.05) is 11.0 Å². The van der Waals surface area contributed by atoms with Gasteiger partial charge in [0.05, 0.1) is 26.4 Å².